The van der Waals surface area contributed by atoms with Crippen molar-refractivity contribution in [3.8, 4) is 11.8 Å². The number of nitro groups is 1. The number of carbonyl (C=O) groups excluding carboxylic acids is 1. The Morgan fingerprint density at radius 3 is 2.21 bits per heavy atom. The van der Waals surface area contributed by atoms with Gasteiger partial charge in [0.25, 0.3) is 5.69 Å². The highest BCUT2D eigenvalue weighted by Crippen LogP contribution is 2.23. The monoisotopic (exact) mass is 497 g/mol. The fraction of sp³-hybridized carbons (Fsp3) is 0.125. The molecule has 3 rings (SSSR count). The van der Waals surface area contributed by atoms with Crippen LogP contribution in [0.15, 0.2) is 83.8 Å². The zero-order chi connectivity index (χ0) is 24.7. The first-order valence-electron chi connectivity index (χ1n) is 10.0. The fourth-order valence-electron chi connectivity index (χ4n) is 3.17. The molecule has 3 aromatic rings. The Labute approximate surface area is 202 Å². The van der Waals surface area contributed by atoms with Crippen LogP contribution in [0.5, 0.6) is 0 Å². The molecule has 0 radical (unpaired) electrons. The summed E-state index contributed by atoms with van der Waals surface area (Å²) in [6, 6.07) is 18.7. The maximum Gasteiger partial charge on any atom is 0.269 e. The summed E-state index contributed by atoms with van der Waals surface area (Å²) in [6.45, 7) is -0.331. The summed E-state index contributed by atoms with van der Waals surface area (Å²) >= 11 is 5.88. The summed E-state index contributed by atoms with van der Waals surface area (Å²) in [5.74, 6) is 4.79. The van der Waals surface area contributed by atoms with Gasteiger partial charge in [-0.1, -0.05) is 53.8 Å². The number of rotatable bonds is 8. The molecule has 8 nitrogen and oxygen atoms in total. The second-order valence-corrected chi connectivity index (χ2v) is 9.54. The normalized spacial score (nSPS) is 11.9. The number of amides is 1. The van der Waals surface area contributed by atoms with E-state index in [0.29, 0.717) is 16.1 Å². The standard InChI is InChI=1S/C24H20ClN3O5S/c25-20-10-8-18(9-11-20)7-4-16-27(23(24(26)29)17-19-5-2-1-3-6-19)34(32,33)22-14-12-21(13-15-22)28(30)31/h1-3,5-6,8-15,23H,16-17H2,(H2,26,29)/t23-/m0/s1. The highest BCUT2D eigenvalue weighted by molar-refractivity contribution is 7.89. The lowest BCUT2D eigenvalue weighted by atomic mass is 10.1. The minimum Gasteiger partial charge on any atom is -0.368 e. The van der Waals surface area contributed by atoms with Crippen LogP contribution in [0.3, 0.4) is 0 Å². The Kier molecular flexibility index (Phi) is 8.02. The molecule has 3 aromatic carbocycles. The van der Waals surface area contributed by atoms with Gasteiger partial charge in [-0.2, -0.15) is 4.31 Å². The molecule has 0 fully saturated rings. The van der Waals surface area contributed by atoms with Gasteiger partial charge in [-0.25, -0.2) is 8.42 Å². The minimum atomic E-state index is -4.28. The zero-order valence-corrected chi connectivity index (χ0v) is 19.4. The largest absolute Gasteiger partial charge is 0.368 e. The maximum atomic E-state index is 13.5. The van der Waals surface area contributed by atoms with Crippen molar-refractivity contribution >= 4 is 33.2 Å². The lowest BCUT2D eigenvalue weighted by Gasteiger charge is -2.27. The molecule has 10 heteroatoms. The molecule has 0 heterocycles. The van der Waals surface area contributed by atoms with Gasteiger partial charge in [0.05, 0.1) is 16.4 Å². The first-order chi connectivity index (χ1) is 16.2. The molecular weight excluding hydrogens is 478 g/mol. The van der Waals surface area contributed by atoms with Crippen LogP contribution in [-0.4, -0.2) is 36.1 Å². The maximum absolute atomic E-state index is 13.5. The number of sulfonamides is 1. The van der Waals surface area contributed by atoms with Crippen LogP contribution >= 0.6 is 11.6 Å². The van der Waals surface area contributed by atoms with E-state index in [9.17, 15) is 23.3 Å². The molecule has 1 atom stereocenters. The van der Waals surface area contributed by atoms with Crippen molar-refractivity contribution in [1.82, 2.24) is 4.31 Å². The lowest BCUT2D eigenvalue weighted by Crippen LogP contribution is -2.49. The third-order valence-electron chi connectivity index (χ3n) is 4.91. The molecule has 1 amide bonds. The average Bonchev–Trinajstić information content (AvgIpc) is 2.82. The van der Waals surface area contributed by atoms with Crippen molar-refractivity contribution in [3.05, 3.63) is 105 Å². The van der Waals surface area contributed by atoms with Crippen molar-refractivity contribution in [2.75, 3.05) is 6.54 Å². The van der Waals surface area contributed by atoms with Gasteiger partial charge in [0.2, 0.25) is 15.9 Å². The molecule has 0 aliphatic carbocycles. The van der Waals surface area contributed by atoms with Gasteiger partial charge in [-0.05, 0) is 48.4 Å². The number of hydrogen-bond acceptors (Lipinski definition) is 5. The third-order valence-corrected chi connectivity index (χ3v) is 7.03. The number of nitrogens with two attached hydrogens (primary N) is 1. The SMILES string of the molecule is NC(=O)[C@H](Cc1ccccc1)N(CC#Cc1ccc(Cl)cc1)S(=O)(=O)c1ccc([N+](=O)[O-])cc1. The van der Waals surface area contributed by atoms with E-state index >= 15 is 0 Å². The molecule has 0 aromatic heterocycles. The quantitative estimate of drug-likeness (QED) is 0.290. The van der Waals surface area contributed by atoms with E-state index in [0.717, 1.165) is 28.6 Å². The fourth-order valence-corrected chi connectivity index (χ4v) is 4.80. The summed E-state index contributed by atoms with van der Waals surface area (Å²) < 4.78 is 27.9. The van der Waals surface area contributed by atoms with Crippen molar-refractivity contribution in [3.63, 3.8) is 0 Å². The number of nitro benzene ring substituents is 1. The highest BCUT2D eigenvalue weighted by atomic mass is 35.5. The summed E-state index contributed by atoms with van der Waals surface area (Å²) in [5.41, 5.74) is 6.68. The van der Waals surface area contributed by atoms with E-state index in [1.165, 1.54) is 0 Å². The number of halogens is 1. The first kappa shape index (κ1) is 24.9. The predicted molar refractivity (Wildman–Crippen MR) is 128 cm³/mol. The first-order valence-corrected chi connectivity index (χ1v) is 11.8. The third kappa shape index (κ3) is 6.20. The Bertz CT molecular complexity index is 1330. The predicted octanol–water partition coefficient (Wildman–Crippen LogP) is 3.39. The Balaban J connectivity index is 2.01. The van der Waals surface area contributed by atoms with E-state index in [1.54, 1.807) is 54.6 Å². The summed E-state index contributed by atoms with van der Waals surface area (Å²) in [6.07, 6.45) is 0.0327. The number of primary amides is 1. The second kappa shape index (κ2) is 10.9. The molecule has 0 spiro atoms. The average molecular weight is 498 g/mol. The number of nitrogens with zero attached hydrogens (tertiary/aromatic N) is 2. The summed E-state index contributed by atoms with van der Waals surface area (Å²) in [4.78, 5) is 22.5. The van der Waals surface area contributed by atoms with Gasteiger partial charge in [0.15, 0.2) is 0 Å². The number of non-ortho nitro benzene ring substituents is 1. The van der Waals surface area contributed by atoms with E-state index < -0.39 is 26.9 Å². The zero-order valence-electron chi connectivity index (χ0n) is 17.8. The smallest absolute Gasteiger partial charge is 0.269 e. The second-order valence-electron chi connectivity index (χ2n) is 7.22. The van der Waals surface area contributed by atoms with E-state index in [2.05, 4.69) is 11.8 Å². The van der Waals surface area contributed by atoms with Crippen LogP contribution in [0.4, 0.5) is 5.69 Å². The number of hydrogen-bond donors (Lipinski definition) is 1. The van der Waals surface area contributed by atoms with Gasteiger partial charge < -0.3 is 5.73 Å². The summed E-state index contributed by atoms with van der Waals surface area (Å²) in [7, 11) is -4.28. The highest BCUT2D eigenvalue weighted by Gasteiger charge is 2.34. The van der Waals surface area contributed by atoms with Gasteiger partial charge in [-0.3, -0.25) is 14.9 Å². The molecular formula is C24H20ClN3O5S. The van der Waals surface area contributed by atoms with Gasteiger partial charge in [0, 0.05) is 22.7 Å². The lowest BCUT2D eigenvalue weighted by molar-refractivity contribution is -0.384. The van der Waals surface area contributed by atoms with Crippen molar-refractivity contribution in [2.24, 2.45) is 5.73 Å². The molecule has 2 N–H and O–H groups in total. The number of benzene rings is 3. The molecule has 0 aliphatic rings. The van der Waals surface area contributed by atoms with Crippen LogP contribution in [0, 0.1) is 22.0 Å². The van der Waals surface area contributed by atoms with Crippen LogP contribution < -0.4 is 5.73 Å². The van der Waals surface area contributed by atoms with E-state index in [4.69, 9.17) is 17.3 Å². The number of carbonyl (C=O) groups is 1. The minimum absolute atomic E-state index is 0.0327. The van der Waals surface area contributed by atoms with Crippen LogP contribution in [-0.2, 0) is 21.2 Å². The van der Waals surface area contributed by atoms with Gasteiger partial charge in [0.1, 0.15) is 6.04 Å². The molecule has 0 bridgehead atoms. The Morgan fingerprint density at radius 2 is 1.65 bits per heavy atom. The van der Waals surface area contributed by atoms with Gasteiger partial charge >= 0.3 is 0 Å². The van der Waals surface area contributed by atoms with Crippen LogP contribution in [0.25, 0.3) is 0 Å². The molecule has 174 valence electrons. The Hall–Kier alpha value is -3.71. The van der Waals surface area contributed by atoms with E-state index in [1.807, 2.05) is 0 Å². The van der Waals surface area contributed by atoms with E-state index in [-0.39, 0.29) is 23.5 Å². The van der Waals surface area contributed by atoms with Crippen molar-refractivity contribution < 1.29 is 18.1 Å². The van der Waals surface area contributed by atoms with Crippen LogP contribution in [0.2, 0.25) is 5.02 Å². The van der Waals surface area contributed by atoms with Gasteiger partial charge in [-0.15, -0.1) is 0 Å². The van der Waals surface area contributed by atoms with Crippen molar-refractivity contribution in [1.29, 1.82) is 0 Å². The molecule has 0 unspecified atom stereocenters. The molecule has 0 saturated carbocycles. The Morgan fingerprint density at radius 1 is 1.03 bits per heavy atom. The van der Waals surface area contributed by atoms with Crippen molar-refractivity contribution in [2.45, 2.75) is 17.4 Å². The summed E-state index contributed by atoms with van der Waals surface area (Å²) in [5, 5.41) is 11.5. The molecule has 0 aliphatic heterocycles. The molecule has 34 heavy (non-hydrogen) atoms. The molecule has 0 saturated heterocycles. The van der Waals surface area contributed by atoms with Crippen LogP contribution in [0.1, 0.15) is 11.1 Å². The topological polar surface area (TPSA) is 124 Å².